The number of H-pyrrole nitrogens is 1. The molecule has 0 bridgehead atoms. The minimum atomic E-state index is -0.221. The van der Waals surface area contributed by atoms with Gasteiger partial charge in [-0.2, -0.15) is 0 Å². The Morgan fingerprint density at radius 3 is 3.00 bits per heavy atom. The Labute approximate surface area is 165 Å². The molecule has 1 aromatic carbocycles. The van der Waals surface area contributed by atoms with E-state index in [1.165, 1.54) is 12.8 Å². The molecule has 2 N–H and O–H groups in total. The van der Waals surface area contributed by atoms with Crippen molar-refractivity contribution < 1.29 is 9.59 Å². The zero-order valence-corrected chi connectivity index (χ0v) is 16.6. The Kier molecular flexibility index (Phi) is 6.78. The normalized spacial score (nSPS) is 17.0. The maximum atomic E-state index is 12.3. The third-order valence-electron chi connectivity index (χ3n) is 5.30. The van der Waals surface area contributed by atoms with Gasteiger partial charge in [0.25, 0.3) is 0 Å². The maximum absolute atomic E-state index is 12.3. The van der Waals surface area contributed by atoms with E-state index in [1.807, 2.05) is 29.3 Å². The highest BCUT2D eigenvalue weighted by molar-refractivity contribution is 6.31. The van der Waals surface area contributed by atoms with Gasteiger partial charge in [-0.25, -0.2) is 0 Å². The summed E-state index contributed by atoms with van der Waals surface area (Å²) in [6.45, 7) is 4.02. The maximum Gasteiger partial charge on any atom is 0.225 e. The van der Waals surface area contributed by atoms with Crippen molar-refractivity contribution in [2.75, 3.05) is 19.6 Å². The van der Waals surface area contributed by atoms with Crippen molar-refractivity contribution in [3.8, 4) is 0 Å². The van der Waals surface area contributed by atoms with Gasteiger partial charge >= 0.3 is 0 Å². The van der Waals surface area contributed by atoms with Crippen LogP contribution in [0.25, 0.3) is 10.9 Å². The van der Waals surface area contributed by atoms with Gasteiger partial charge in [0.05, 0.1) is 5.92 Å². The van der Waals surface area contributed by atoms with Crippen molar-refractivity contribution in [1.29, 1.82) is 0 Å². The molecule has 6 heteroatoms. The third-order valence-corrected chi connectivity index (χ3v) is 5.53. The fourth-order valence-electron chi connectivity index (χ4n) is 3.68. The van der Waals surface area contributed by atoms with Crippen LogP contribution in [-0.4, -0.2) is 41.3 Å². The fraction of sp³-hybridized carbons (Fsp3) is 0.524. The number of carbonyl (C=O) groups is 2. The summed E-state index contributed by atoms with van der Waals surface area (Å²) in [4.78, 5) is 29.7. The van der Waals surface area contributed by atoms with Crippen LogP contribution in [0.1, 0.15) is 44.6 Å². The van der Waals surface area contributed by atoms with Crippen molar-refractivity contribution in [2.24, 2.45) is 5.92 Å². The van der Waals surface area contributed by atoms with Gasteiger partial charge < -0.3 is 15.2 Å². The number of halogens is 1. The van der Waals surface area contributed by atoms with Crippen LogP contribution in [0, 0.1) is 5.92 Å². The average Bonchev–Trinajstić information content (AvgIpc) is 3.22. The monoisotopic (exact) mass is 389 g/mol. The van der Waals surface area contributed by atoms with Crippen LogP contribution in [0.15, 0.2) is 24.4 Å². The number of amides is 2. The van der Waals surface area contributed by atoms with Gasteiger partial charge in [-0.3, -0.25) is 9.59 Å². The molecule has 0 saturated carbocycles. The van der Waals surface area contributed by atoms with Gasteiger partial charge in [-0.05, 0) is 36.6 Å². The average molecular weight is 390 g/mol. The summed E-state index contributed by atoms with van der Waals surface area (Å²) in [5.74, 6) is -0.138. The zero-order chi connectivity index (χ0) is 19.2. The summed E-state index contributed by atoms with van der Waals surface area (Å²) in [6.07, 6.45) is 7.57. The molecule has 0 aliphatic carbocycles. The summed E-state index contributed by atoms with van der Waals surface area (Å²) < 4.78 is 0. The van der Waals surface area contributed by atoms with Gasteiger partial charge in [0.15, 0.2) is 0 Å². The van der Waals surface area contributed by atoms with E-state index in [9.17, 15) is 9.59 Å². The first kappa shape index (κ1) is 19.7. The number of aromatic amines is 1. The molecule has 27 heavy (non-hydrogen) atoms. The fourth-order valence-corrected chi connectivity index (χ4v) is 3.86. The lowest BCUT2D eigenvalue weighted by Crippen LogP contribution is -2.34. The Morgan fingerprint density at radius 1 is 1.33 bits per heavy atom. The number of benzene rings is 1. The van der Waals surface area contributed by atoms with Crippen molar-refractivity contribution in [3.63, 3.8) is 0 Å². The van der Waals surface area contributed by atoms with Gasteiger partial charge in [0.2, 0.25) is 11.8 Å². The molecule has 0 spiro atoms. The first-order valence-electron chi connectivity index (χ1n) is 9.89. The second-order valence-corrected chi connectivity index (χ2v) is 7.78. The molecule has 1 aliphatic rings. The van der Waals surface area contributed by atoms with E-state index in [0.717, 1.165) is 35.7 Å². The SMILES string of the molecule is CCCCCCNC(=O)[C@@H]1CC(=O)N(CCc2c[nH]c3ccc(Cl)cc23)C1. The largest absolute Gasteiger partial charge is 0.361 e. The van der Waals surface area contributed by atoms with Crippen LogP contribution in [-0.2, 0) is 16.0 Å². The molecule has 2 heterocycles. The molecule has 3 rings (SSSR count). The van der Waals surface area contributed by atoms with E-state index in [4.69, 9.17) is 11.6 Å². The lowest BCUT2D eigenvalue weighted by molar-refractivity contribution is -0.129. The number of nitrogens with one attached hydrogen (secondary N) is 2. The molecule has 1 saturated heterocycles. The minimum Gasteiger partial charge on any atom is -0.361 e. The number of rotatable bonds is 9. The smallest absolute Gasteiger partial charge is 0.225 e. The second-order valence-electron chi connectivity index (χ2n) is 7.35. The van der Waals surface area contributed by atoms with Gasteiger partial charge in [-0.15, -0.1) is 0 Å². The third kappa shape index (κ3) is 5.04. The van der Waals surface area contributed by atoms with Crippen molar-refractivity contribution >= 4 is 34.3 Å². The minimum absolute atomic E-state index is 0.0150. The van der Waals surface area contributed by atoms with Crippen molar-refractivity contribution in [2.45, 2.75) is 45.4 Å². The number of fused-ring (bicyclic) bond motifs is 1. The van der Waals surface area contributed by atoms with E-state index >= 15 is 0 Å². The van der Waals surface area contributed by atoms with Crippen molar-refractivity contribution in [1.82, 2.24) is 15.2 Å². The number of aromatic nitrogens is 1. The molecule has 0 unspecified atom stereocenters. The quantitative estimate of drug-likeness (QED) is 0.638. The molecule has 0 radical (unpaired) electrons. The molecule has 1 aliphatic heterocycles. The van der Waals surface area contributed by atoms with E-state index < -0.39 is 0 Å². The molecule has 1 fully saturated rings. The number of hydrogen-bond donors (Lipinski definition) is 2. The molecule has 2 amide bonds. The lowest BCUT2D eigenvalue weighted by atomic mass is 10.1. The van der Waals surface area contributed by atoms with Crippen LogP contribution in [0.3, 0.4) is 0 Å². The summed E-state index contributed by atoms with van der Waals surface area (Å²) in [7, 11) is 0. The lowest BCUT2D eigenvalue weighted by Gasteiger charge is -2.16. The van der Waals surface area contributed by atoms with Crippen LogP contribution in [0.2, 0.25) is 5.02 Å². The van der Waals surface area contributed by atoms with E-state index in [-0.39, 0.29) is 17.7 Å². The highest BCUT2D eigenvalue weighted by Gasteiger charge is 2.33. The van der Waals surface area contributed by atoms with Crippen molar-refractivity contribution in [3.05, 3.63) is 35.0 Å². The Balaban J connectivity index is 1.49. The second kappa shape index (κ2) is 9.27. The van der Waals surface area contributed by atoms with E-state index in [2.05, 4.69) is 17.2 Å². The Bertz CT molecular complexity index is 802. The molecule has 1 atom stereocenters. The van der Waals surface area contributed by atoms with E-state index in [0.29, 0.717) is 31.1 Å². The summed E-state index contributed by atoms with van der Waals surface area (Å²) in [5.41, 5.74) is 2.19. The van der Waals surface area contributed by atoms with E-state index in [1.54, 1.807) is 0 Å². The van der Waals surface area contributed by atoms with Gasteiger partial charge in [-0.1, -0.05) is 37.8 Å². The first-order valence-corrected chi connectivity index (χ1v) is 10.3. The van der Waals surface area contributed by atoms with Gasteiger partial charge in [0, 0.05) is 48.2 Å². The molecule has 1 aromatic heterocycles. The predicted molar refractivity (Wildman–Crippen MR) is 109 cm³/mol. The molecule has 146 valence electrons. The predicted octanol–water partition coefficient (Wildman–Crippen LogP) is 3.91. The van der Waals surface area contributed by atoms with Crippen LogP contribution in [0.4, 0.5) is 0 Å². The molecular formula is C21H28ClN3O2. The number of likely N-dealkylation sites (tertiary alicyclic amines) is 1. The Hall–Kier alpha value is -2.01. The standard InChI is InChI=1S/C21H28ClN3O2/c1-2-3-4-5-9-23-21(27)16-11-20(26)25(14-16)10-8-15-13-24-19-7-6-17(22)12-18(15)19/h6-7,12-13,16,24H,2-5,8-11,14H2,1H3,(H,23,27)/t16-/m1/s1. The zero-order valence-electron chi connectivity index (χ0n) is 15.9. The van der Waals surface area contributed by atoms with Crippen LogP contribution < -0.4 is 5.32 Å². The molecular weight excluding hydrogens is 362 g/mol. The highest BCUT2D eigenvalue weighted by atomic mass is 35.5. The van der Waals surface area contributed by atoms with Crippen LogP contribution >= 0.6 is 11.6 Å². The highest BCUT2D eigenvalue weighted by Crippen LogP contribution is 2.24. The van der Waals surface area contributed by atoms with Crippen LogP contribution in [0.5, 0.6) is 0 Å². The summed E-state index contributed by atoms with van der Waals surface area (Å²) >= 11 is 6.10. The molecule has 2 aromatic rings. The Morgan fingerprint density at radius 2 is 2.19 bits per heavy atom. The number of nitrogens with zero attached hydrogens (tertiary/aromatic N) is 1. The number of unbranched alkanes of at least 4 members (excludes halogenated alkanes) is 3. The van der Waals surface area contributed by atoms with Gasteiger partial charge in [0.1, 0.15) is 0 Å². The number of carbonyl (C=O) groups excluding carboxylic acids is 2. The first-order chi connectivity index (χ1) is 13.1. The molecule has 5 nitrogen and oxygen atoms in total. The topological polar surface area (TPSA) is 65.2 Å². The summed E-state index contributed by atoms with van der Waals surface area (Å²) in [6, 6.07) is 5.77. The summed E-state index contributed by atoms with van der Waals surface area (Å²) in [5, 5.41) is 4.79. The number of hydrogen-bond acceptors (Lipinski definition) is 2.